The second-order valence-electron chi connectivity index (χ2n) is 9.26. The van der Waals surface area contributed by atoms with Gasteiger partial charge in [-0.3, -0.25) is 20.0 Å². The zero-order valence-electron chi connectivity index (χ0n) is 20.9. The SMILES string of the molecule is CC1[C@@H](C(=O)O)C[C@@H](COc2ccc(-c3ccc(C(=N)N)cc3)cc2S(C)(=O)=O)N1C(=O)c1cccnc1. The molecule has 1 aliphatic rings. The molecule has 10 nitrogen and oxygen atoms in total. The van der Waals surface area contributed by atoms with Crippen LogP contribution in [0, 0.1) is 11.3 Å². The quantitative estimate of drug-likeness (QED) is 0.292. The molecule has 198 valence electrons. The first-order valence-corrected chi connectivity index (χ1v) is 13.7. The average molecular weight is 537 g/mol. The van der Waals surface area contributed by atoms with E-state index in [1.54, 1.807) is 61.7 Å². The maximum absolute atomic E-state index is 13.3. The van der Waals surface area contributed by atoms with Gasteiger partial charge in [0.1, 0.15) is 23.1 Å². The van der Waals surface area contributed by atoms with Gasteiger partial charge in [-0.15, -0.1) is 0 Å². The molecule has 1 unspecified atom stereocenters. The first kappa shape index (κ1) is 26.8. The molecule has 1 saturated heterocycles. The summed E-state index contributed by atoms with van der Waals surface area (Å²) in [6.45, 7) is 1.59. The molecule has 0 saturated carbocycles. The van der Waals surface area contributed by atoms with Crippen LogP contribution in [0.4, 0.5) is 0 Å². The Balaban J connectivity index is 1.62. The van der Waals surface area contributed by atoms with E-state index in [0.29, 0.717) is 16.7 Å². The third-order valence-electron chi connectivity index (χ3n) is 6.70. The van der Waals surface area contributed by atoms with E-state index in [1.807, 2.05) is 0 Å². The number of likely N-dealkylation sites (tertiary alicyclic amines) is 1. The van der Waals surface area contributed by atoms with Crippen LogP contribution < -0.4 is 10.5 Å². The summed E-state index contributed by atoms with van der Waals surface area (Å²) < 4.78 is 31.3. The summed E-state index contributed by atoms with van der Waals surface area (Å²) in [5, 5.41) is 17.2. The molecule has 4 rings (SSSR count). The lowest BCUT2D eigenvalue weighted by atomic mass is 10.0. The van der Waals surface area contributed by atoms with Gasteiger partial charge >= 0.3 is 5.97 Å². The first-order valence-electron chi connectivity index (χ1n) is 11.8. The van der Waals surface area contributed by atoms with Crippen molar-refractivity contribution in [2.45, 2.75) is 30.3 Å². The Morgan fingerprint density at radius 3 is 2.39 bits per heavy atom. The molecule has 1 amide bonds. The number of carboxylic acids is 1. The van der Waals surface area contributed by atoms with Crippen molar-refractivity contribution in [2.24, 2.45) is 11.7 Å². The molecule has 0 aliphatic carbocycles. The number of sulfone groups is 1. The number of nitrogens with zero attached hydrogens (tertiary/aromatic N) is 2. The van der Waals surface area contributed by atoms with Crippen LogP contribution in [0.25, 0.3) is 11.1 Å². The maximum atomic E-state index is 13.3. The van der Waals surface area contributed by atoms with E-state index in [2.05, 4.69) is 4.98 Å². The Morgan fingerprint density at radius 1 is 1.13 bits per heavy atom. The number of carbonyl (C=O) groups excluding carboxylic acids is 1. The van der Waals surface area contributed by atoms with E-state index in [1.165, 1.54) is 17.2 Å². The molecular weight excluding hydrogens is 508 g/mol. The van der Waals surface area contributed by atoms with E-state index >= 15 is 0 Å². The third kappa shape index (κ3) is 5.52. The van der Waals surface area contributed by atoms with Crippen LogP contribution >= 0.6 is 0 Å². The number of amides is 1. The Bertz CT molecular complexity index is 1480. The van der Waals surface area contributed by atoms with Crippen molar-refractivity contribution in [1.29, 1.82) is 5.41 Å². The smallest absolute Gasteiger partial charge is 0.308 e. The summed E-state index contributed by atoms with van der Waals surface area (Å²) in [4.78, 5) is 30.6. The van der Waals surface area contributed by atoms with Gasteiger partial charge in [0.2, 0.25) is 0 Å². The fourth-order valence-electron chi connectivity index (χ4n) is 4.70. The third-order valence-corrected chi connectivity index (χ3v) is 7.82. The van der Waals surface area contributed by atoms with Crippen molar-refractivity contribution < 1.29 is 27.9 Å². The highest BCUT2D eigenvalue weighted by Crippen LogP contribution is 2.34. The summed E-state index contributed by atoms with van der Waals surface area (Å²) in [6, 6.07) is 13.6. The van der Waals surface area contributed by atoms with Gasteiger partial charge in [0.05, 0.1) is 17.5 Å². The minimum absolute atomic E-state index is 0.0309. The maximum Gasteiger partial charge on any atom is 0.308 e. The van der Waals surface area contributed by atoms with Crippen molar-refractivity contribution in [3.05, 3.63) is 78.1 Å². The molecule has 1 aromatic heterocycles. The summed E-state index contributed by atoms with van der Waals surface area (Å²) in [5.74, 6) is -2.13. The second-order valence-corrected chi connectivity index (χ2v) is 11.2. The van der Waals surface area contributed by atoms with Crippen LogP contribution in [-0.2, 0) is 14.6 Å². The molecule has 2 aromatic carbocycles. The highest BCUT2D eigenvalue weighted by molar-refractivity contribution is 7.90. The largest absolute Gasteiger partial charge is 0.490 e. The molecule has 0 spiro atoms. The number of nitrogens with two attached hydrogens (primary N) is 1. The molecule has 3 aromatic rings. The number of ether oxygens (including phenoxy) is 1. The minimum Gasteiger partial charge on any atom is -0.490 e. The van der Waals surface area contributed by atoms with Crippen molar-refractivity contribution in [3.63, 3.8) is 0 Å². The molecule has 4 N–H and O–H groups in total. The van der Waals surface area contributed by atoms with Crippen LogP contribution in [-0.4, -0.2) is 66.1 Å². The normalized spacial score (nSPS) is 19.2. The van der Waals surface area contributed by atoms with Crippen LogP contribution in [0.5, 0.6) is 5.75 Å². The van der Waals surface area contributed by atoms with Crippen molar-refractivity contribution in [2.75, 3.05) is 12.9 Å². The zero-order valence-corrected chi connectivity index (χ0v) is 21.7. The summed E-state index contributed by atoms with van der Waals surface area (Å²) in [5.41, 5.74) is 7.74. The summed E-state index contributed by atoms with van der Waals surface area (Å²) in [6.07, 6.45) is 4.20. The number of benzene rings is 2. The number of hydrogen-bond acceptors (Lipinski definition) is 7. The predicted octanol–water partition coefficient (Wildman–Crippen LogP) is 2.82. The highest BCUT2D eigenvalue weighted by Gasteiger charge is 2.45. The Kier molecular flexibility index (Phi) is 7.49. The number of hydrogen-bond donors (Lipinski definition) is 3. The molecule has 1 aliphatic heterocycles. The molecule has 1 fully saturated rings. The fourth-order valence-corrected chi connectivity index (χ4v) is 5.53. The van der Waals surface area contributed by atoms with Gasteiger partial charge in [0.25, 0.3) is 5.91 Å². The number of pyridine rings is 1. The van der Waals surface area contributed by atoms with Gasteiger partial charge in [-0.25, -0.2) is 8.42 Å². The number of rotatable bonds is 8. The van der Waals surface area contributed by atoms with E-state index in [9.17, 15) is 23.1 Å². The van der Waals surface area contributed by atoms with Gasteiger partial charge in [0, 0.05) is 30.3 Å². The number of amidine groups is 1. The molecule has 3 atom stereocenters. The lowest BCUT2D eigenvalue weighted by molar-refractivity contribution is -0.142. The van der Waals surface area contributed by atoms with Gasteiger partial charge in [-0.1, -0.05) is 30.3 Å². The Labute approximate surface area is 220 Å². The zero-order chi connectivity index (χ0) is 27.6. The van der Waals surface area contributed by atoms with Gasteiger partial charge in [-0.2, -0.15) is 0 Å². The molecule has 0 bridgehead atoms. The number of nitrogens with one attached hydrogen (secondary N) is 1. The lowest BCUT2D eigenvalue weighted by Crippen LogP contribution is -2.44. The number of nitrogen functional groups attached to an aromatic ring is 1. The van der Waals surface area contributed by atoms with E-state index in [4.69, 9.17) is 15.9 Å². The van der Waals surface area contributed by atoms with E-state index in [0.717, 1.165) is 11.8 Å². The average Bonchev–Trinajstić information content (AvgIpc) is 3.23. The monoisotopic (exact) mass is 536 g/mol. The van der Waals surface area contributed by atoms with E-state index in [-0.39, 0.29) is 35.4 Å². The molecule has 2 heterocycles. The summed E-state index contributed by atoms with van der Waals surface area (Å²) in [7, 11) is -3.70. The van der Waals surface area contributed by atoms with Gasteiger partial charge in [-0.05, 0) is 48.7 Å². The number of carbonyl (C=O) groups is 2. The van der Waals surface area contributed by atoms with Crippen LogP contribution in [0.2, 0.25) is 0 Å². The Hall–Kier alpha value is -4.25. The molecule has 11 heteroatoms. The predicted molar refractivity (Wildman–Crippen MR) is 141 cm³/mol. The molecule has 0 radical (unpaired) electrons. The van der Waals surface area contributed by atoms with Crippen LogP contribution in [0.1, 0.15) is 29.3 Å². The summed E-state index contributed by atoms with van der Waals surface area (Å²) >= 11 is 0. The van der Waals surface area contributed by atoms with Crippen molar-refractivity contribution in [1.82, 2.24) is 9.88 Å². The minimum atomic E-state index is -3.70. The standard InChI is InChI=1S/C27H28N4O6S/c1-16-22(27(33)34)13-21(31(16)26(32)20-4-3-11-30-14-20)15-37-23-10-9-19(12-24(23)38(2,35)36)17-5-7-18(8-6-17)25(28)29/h3-12,14,16,21-22H,13,15H2,1-2H3,(H3,28,29)(H,33,34)/t16?,21-,22-/m0/s1. The van der Waals surface area contributed by atoms with E-state index < -0.39 is 33.8 Å². The van der Waals surface area contributed by atoms with Gasteiger partial charge < -0.3 is 20.5 Å². The molecule has 38 heavy (non-hydrogen) atoms. The highest BCUT2D eigenvalue weighted by atomic mass is 32.2. The fraction of sp³-hybridized carbons (Fsp3) is 0.259. The Morgan fingerprint density at radius 2 is 1.82 bits per heavy atom. The number of carboxylic acid groups (broad SMARTS) is 1. The van der Waals surface area contributed by atoms with Gasteiger partial charge in [0.15, 0.2) is 9.84 Å². The number of aliphatic carboxylic acids is 1. The lowest BCUT2D eigenvalue weighted by Gasteiger charge is -2.29. The van der Waals surface area contributed by atoms with Crippen molar-refractivity contribution >= 4 is 27.5 Å². The van der Waals surface area contributed by atoms with Crippen LogP contribution in [0.3, 0.4) is 0 Å². The molecular formula is C27H28N4O6S. The van der Waals surface area contributed by atoms with Crippen molar-refractivity contribution in [3.8, 4) is 16.9 Å². The first-order chi connectivity index (χ1) is 18.0. The number of aromatic nitrogens is 1. The van der Waals surface area contributed by atoms with Crippen LogP contribution in [0.15, 0.2) is 71.9 Å². The topological polar surface area (TPSA) is 164 Å². The second kappa shape index (κ2) is 10.6.